The second-order valence-corrected chi connectivity index (χ2v) is 6.83. The molecule has 0 bridgehead atoms. The summed E-state index contributed by atoms with van der Waals surface area (Å²) in [4.78, 5) is 21.8. The molecule has 23 heavy (non-hydrogen) atoms. The number of ether oxygens (including phenoxy) is 1. The van der Waals surface area contributed by atoms with E-state index in [1.165, 1.54) is 0 Å². The van der Waals surface area contributed by atoms with Gasteiger partial charge in [0.1, 0.15) is 11.6 Å². The second kappa shape index (κ2) is 6.57. The average molecular weight is 321 g/mol. The Balaban J connectivity index is 1.65. The molecule has 1 aromatic rings. The van der Waals surface area contributed by atoms with Crippen LogP contribution in [0.1, 0.15) is 30.9 Å². The van der Waals surface area contributed by atoms with Gasteiger partial charge in [-0.3, -0.25) is 14.4 Å². The number of aryl methyl sites for hydroxylation is 2. The molecule has 1 atom stereocenters. The summed E-state index contributed by atoms with van der Waals surface area (Å²) in [6, 6.07) is 0. The molecule has 0 radical (unpaired) electrons. The summed E-state index contributed by atoms with van der Waals surface area (Å²) in [5.74, 6) is 2.09. The molecule has 128 valence electrons. The number of carbonyl (C=O) groups excluding carboxylic acids is 1. The van der Waals surface area contributed by atoms with Gasteiger partial charge < -0.3 is 9.64 Å². The van der Waals surface area contributed by atoms with Crippen molar-refractivity contribution in [1.82, 2.24) is 24.6 Å². The fourth-order valence-corrected chi connectivity index (χ4v) is 3.93. The zero-order valence-electron chi connectivity index (χ0n) is 14.4. The molecule has 0 aromatic carbocycles. The van der Waals surface area contributed by atoms with Gasteiger partial charge in [-0.25, -0.2) is 4.98 Å². The van der Waals surface area contributed by atoms with E-state index in [-0.39, 0.29) is 5.41 Å². The summed E-state index contributed by atoms with van der Waals surface area (Å²) in [6.45, 7) is 6.66. The van der Waals surface area contributed by atoms with Crippen LogP contribution in [-0.4, -0.2) is 70.4 Å². The molecule has 3 rings (SSSR count). The SMILES string of the molecule is COCCN1CCCC2(CCN(Cc3nc(C)nn3C)C2)C1=O. The molecule has 7 nitrogen and oxygen atoms in total. The predicted octanol–water partition coefficient (Wildman–Crippen LogP) is 0.584. The van der Waals surface area contributed by atoms with Gasteiger partial charge >= 0.3 is 0 Å². The van der Waals surface area contributed by atoms with Crippen LogP contribution in [0.3, 0.4) is 0 Å². The summed E-state index contributed by atoms with van der Waals surface area (Å²) in [6.07, 6.45) is 3.04. The lowest BCUT2D eigenvalue weighted by atomic mass is 9.78. The van der Waals surface area contributed by atoms with Gasteiger partial charge in [0, 0.05) is 33.8 Å². The van der Waals surface area contributed by atoms with E-state index in [0.29, 0.717) is 19.1 Å². The zero-order chi connectivity index (χ0) is 16.4. The third kappa shape index (κ3) is 3.26. The highest BCUT2D eigenvalue weighted by molar-refractivity contribution is 5.84. The van der Waals surface area contributed by atoms with Crippen LogP contribution in [0.4, 0.5) is 0 Å². The van der Waals surface area contributed by atoms with Crippen LogP contribution in [0.15, 0.2) is 0 Å². The van der Waals surface area contributed by atoms with Crippen molar-refractivity contribution in [1.29, 1.82) is 0 Å². The van der Waals surface area contributed by atoms with E-state index in [4.69, 9.17) is 4.74 Å². The first-order valence-electron chi connectivity index (χ1n) is 8.41. The Hall–Kier alpha value is -1.47. The average Bonchev–Trinajstić information content (AvgIpc) is 3.06. The minimum atomic E-state index is -0.195. The number of carbonyl (C=O) groups is 1. The van der Waals surface area contributed by atoms with E-state index in [1.807, 2.05) is 23.6 Å². The lowest BCUT2D eigenvalue weighted by Crippen LogP contribution is -2.50. The fraction of sp³-hybridized carbons (Fsp3) is 0.812. The molecule has 1 aromatic heterocycles. The van der Waals surface area contributed by atoms with Crippen LogP contribution >= 0.6 is 0 Å². The van der Waals surface area contributed by atoms with Crippen LogP contribution in [0.5, 0.6) is 0 Å². The van der Waals surface area contributed by atoms with Gasteiger partial charge in [-0.05, 0) is 32.7 Å². The molecule has 1 spiro atoms. The standard InChI is InChI=1S/C16H27N5O2/c1-13-17-14(19(2)18-13)11-20-8-6-16(12-20)5-4-7-21(15(16)22)9-10-23-3/h4-12H2,1-3H3. The van der Waals surface area contributed by atoms with Crippen LogP contribution in [0.25, 0.3) is 0 Å². The number of methoxy groups -OCH3 is 1. The topological polar surface area (TPSA) is 63.5 Å². The summed E-state index contributed by atoms with van der Waals surface area (Å²) in [7, 11) is 3.61. The third-order valence-electron chi connectivity index (χ3n) is 5.15. The number of hydrogen-bond donors (Lipinski definition) is 0. The summed E-state index contributed by atoms with van der Waals surface area (Å²) < 4.78 is 6.98. The molecule has 0 aliphatic carbocycles. The lowest BCUT2D eigenvalue weighted by Gasteiger charge is -2.39. The number of amides is 1. The maximum absolute atomic E-state index is 12.9. The maximum atomic E-state index is 12.9. The van der Waals surface area contributed by atoms with Crippen molar-refractivity contribution in [3.63, 3.8) is 0 Å². The van der Waals surface area contributed by atoms with Gasteiger partial charge in [-0.1, -0.05) is 0 Å². The van der Waals surface area contributed by atoms with E-state index < -0.39 is 0 Å². The highest BCUT2D eigenvalue weighted by atomic mass is 16.5. The molecule has 1 amide bonds. The number of piperidine rings is 1. The largest absolute Gasteiger partial charge is 0.383 e. The van der Waals surface area contributed by atoms with Gasteiger partial charge in [-0.2, -0.15) is 5.10 Å². The van der Waals surface area contributed by atoms with Crippen molar-refractivity contribution in [3.8, 4) is 0 Å². The Kier molecular flexibility index (Phi) is 4.68. The van der Waals surface area contributed by atoms with Crippen molar-refractivity contribution >= 4 is 5.91 Å². The summed E-state index contributed by atoms with van der Waals surface area (Å²) in [5.41, 5.74) is -0.195. The number of nitrogens with zero attached hydrogens (tertiary/aromatic N) is 5. The molecule has 0 saturated carbocycles. The quantitative estimate of drug-likeness (QED) is 0.794. The van der Waals surface area contributed by atoms with Crippen molar-refractivity contribution in [3.05, 3.63) is 11.6 Å². The summed E-state index contributed by atoms with van der Waals surface area (Å²) in [5, 5.41) is 4.31. The number of aromatic nitrogens is 3. The molecule has 7 heteroatoms. The highest BCUT2D eigenvalue weighted by Crippen LogP contribution is 2.40. The van der Waals surface area contributed by atoms with E-state index in [9.17, 15) is 4.79 Å². The van der Waals surface area contributed by atoms with Crippen molar-refractivity contribution in [2.45, 2.75) is 32.7 Å². The number of hydrogen-bond acceptors (Lipinski definition) is 5. The van der Waals surface area contributed by atoms with Gasteiger partial charge in [0.2, 0.25) is 5.91 Å². The van der Waals surface area contributed by atoms with Crippen LogP contribution in [0.2, 0.25) is 0 Å². The van der Waals surface area contributed by atoms with Gasteiger partial charge in [-0.15, -0.1) is 0 Å². The zero-order valence-corrected chi connectivity index (χ0v) is 14.4. The van der Waals surface area contributed by atoms with Gasteiger partial charge in [0.05, 0.1) is 18.6 Å². The molecule has 2 saturated heterocycles. The van der Waals surface area contributed by atoms with Gasteiger partial charge in [0.25, 0.3) is 0 Å². The summed E-state index contributed by atoms with van der Waals surface area (Å²) >= 11 is 0. The molecular weight excluding hydrogens is 294 g/mol. The molecule has 1 unspecified atom stereocenters. The van der Waals surface area contributed by atoms with Crippen molar-refractivity contribution in [2.24, 2.45) is 12.5 Å². The second-order valence-electron chi connectivity index (χ2n) is 6.83. The predicted molar refractivity (Wildman–Crippen MR) is 85.8 cm³/mol. The first-order chi connectivity index (χ1) is 11.0. The fourth-order valence-electron chi connectivity index (χ4n) is 3.93. The Morgan fingerprint density at radius 1 is 1.30 bits per heavy atom. The Morgan fingerprint density at radius 2 is 2.13 bits per heavy atom. The smallest absolute Gasteiger partial charge is 0.230 e. The number of likely N-dealkylation sites (tertiary alicyclic amines) is 2. The van der Waals surface area contributed by atoms with Crippen molar-refractivity contribution < 1.29 is 9.53 Å². The van der Waals surface area contributed by atoms with Crippen molar-refractivity contribution in [2.75, 3.05) is 39.9 Å². The monoisotopic (exact) mass is 321 g/mol. The Labute approximate surface area is 137 Å². The van der Waals surface area contributed by atoms with Crippen LogP contribution in [0, 0.1) is 12.3 Å². The van der Waals surface area contributed by atoms with Gasteiger partial charge in [0.15, 0.2) is 0 Å². The molecule has 2 fully saturated rings. The molecule has 2 aliphatic rings. The molecule has 0 N–H and O–H groups in total. The van der Waals surface area contributed by atoms with E-state index in [1.54, 1.807) is 7.11 Å². The first kappa shape index (κ1) is 16.4. The van der Waals surface area contributed by atoms with Crippen LogP contribution in [-0.2, 0) is 23.1 Å². The molecule has 3 heterocycles. The minimum Gasteiger partial charge on any atom is -0.383 e. The van der Waals surface area contributed by atoms with E-state index in [0.717, 1.165) is 57.1 Å². The lowest BCUT2D eigenvalue weighted by molar-refractivity contribution is -0.146. The minimum absolute atomic E-state index is 0.195. The first-order valence-corrected chi connectivity index (χ1v) is 8.41. The maximum Gasteiger partial charge on any atom is 0.230 e. The van der Waals surface area contributed by atoms with Crippen LogP contribution < -0.4 is 0 Å². The third-order valence-corrected chi connectivity index (χ3v) is 5.15. The molecule has 2 aliphatic heterocycles. The van der Waals surface area contributed by atoms with E-state index in [2.05, 4.69) is 15.0 Å². The van der Waals surface area contributed by atoms with E-state index >= 15 is 0 Å². The normalized spacial score (nSPS) is 25.7. The Bertz CT molecular complexity index is 573. The number of rotatable bonds is 5. The highest BCUT2D eigenvalue weighted by Gasteiger charge is 2.48. The Morgan fingerprint density at radius 3 is 2.83 bits per heavy atom. The molecular formula is C16H27N5O2.